The average Bonchev–Trinajstić information content (AvgIpc) is 2.46. The van der Waals surface area contributed by atoms with E-state index in [2.05, 4.69) is 0 Å². The van der Waals surface area contributed by atoms with E-state index < -0.39 is 11.3 Å². The van der Waals surface area contributed by atoms with Gasteiger partial charge >= 0.3 is 0 Å². The predicted octanol–water partition coefficient (Wildman–Crippen LogP) is 0.236. The molecular formula is C13H13ClN3O2S+. The number of β-lactam (4-membered cyclic amide) rings is 1. The lowest BCUT2D eigenvalue weighted by atomic mass is 10.0. The molecule has 2 N–H and O–H groups in total. The van der Waals surface area contributed by atoms with E-state index in [9.17, 15) is 9.59 Å². The minimum absolute atomic E-state index is 0.162. The largest absolute Gasteiger partial charge is 0.317 e. The number of fused-ring (bicyclic) bond motifs is 1. The third-order valence-electron chi connectivity index (χ3n) is 3.43. The fourth-order valence-electron chi connectivity index (χ4n) is 2.44. The molecule has 3 rings (SSSR count). The maximum absolute atomic E-state index is 11.8. The summed E-state index contributed by atoms with van der Waals surface area (Å²) in [4.78, 5) is 25.0. The van der Waals surface area contributed by atoms with Crippen LogP contribution in [0.2, 0.25) is 0 Å². The van der Waals surface area contributed by atoms with E-state index in [1.165, 1.54) is 4.90 Å². The van der Waals surface area contributed by atoms with Crippen molar-refractivity contribution < 1.29 is 14.2 Å². The van der Waals surface area contributed by atoms with Crippen LogP contribution in [-0.2, 0) is 16.1 Å². The Kier molecular flexibility index (Phi) is 3.54. The second-order valence-corrected chi connectivity index (χ2v) is 6.16. The Bertz CT molecular complexity index is 605. The molecule has 104 valence electrons. The molecule has 5 nitrogen and oxygen atoms in total. The molecule has 1 saturated heterocycles. The number of hydrogen-bond acceptors (Lipinski definition) is 4. The van der Waals surface area contributed by atoms with Gasteiger partial charge in [-0.25, -0.2) is 4.57 Å². The lowest BCUT2D eigenvalue weighted by Gasteiger charge is -2.47. The zero-order chi connectivity index (χ0) is 14.3. The third-order valence-corrected chi connectivity index (χ3v) is 4.97. The fourth-order valence-corrected chi connectivity index (χ4v) is 3.95. The number of carbonyl (C=O) groups excluding carboxylic acids is 2. The molecule has 0 spiro atoms. The molecule has 0 radical (unpaired) electrons. The molecular weight excluding hydrogens is 298 g/mol. The van der Waals surface area contributed by atoms with Crippen LogP contribution < -0.4 is 10.3 Å². The van der Waals surface area contributed by atoms with Gasteiger partial charge in [0.1, 0.15) is 17.1 Å². The van der Waals surface area contributed by atoms with Gasteiger partial charge in [0.05, 0.1) is 0 Å². The van der Waals surface area contributed by atoms with E-state index in [4.69, 9.17) is 17.3 Å². The fraction of sp³-hybridized carbons (Fsp3) is 0.308. The Morgan fingerprint density at radius 3 is 2.80 bits per heavy atom. The van der Waals surface area contributed by atoms with Crippen LogP contribution in [-0.4, -0.2) is 33.2 Å². The van der Waals surface area contributed by atoms with Crippen LogP contribution in [0.15, 0.2) is 41.9 Å². The molecule has 0 aromatic carbocycles. The second kappa shape index (κ2) is 5.20. The molecule has 0 bridgehead atoms. The van der Waals surface area contributed by atoms with E-state index in [0.717, 1.165) is 5.57 Å². The van der Waals surface area contributed by atoms with Crippen molar-refractivity contribution in [3.05, 3.63) is 41.9 Å². The van der Waals surface area contributed by atoms with Crippen molar-refractivity contribution in [1.82, 2.24) is 4.90 Å². The standard InChI is InChI=1S/C13H13ClN3O2S/c14-11(18)10-8(6-16-4-2-1-3-5-16)7-20-13-9(15)12(19)17(10)13/h1-5,9,13H,6-7,15H2/q+1. The molecule has 1 aromatic heterocycles. The molecule has 1 amide bonds. The van der Waals surface area contributed by atoms with Gasteiger partial charge in [0, 0.05) is 23.5 Å². The minimum atomic E-state index is -0.595. The molecule has 0 saturated carbocycles. The minimum Gasteiger partial charge on any atom is -0.317 e. The first kappa shape index (κ1) is 13.6. The second-order valence-electron chi connectivity index (χ2n) is 4.71. The van der Waals surface area contributed by atoms with Crippen LogP contribution in [0.25, 0.3) is 0 Å². The van der Waals surface area contributed by atoms with Gasteiger partial charge in [-0.2, -0.15) is 0 Å². The van der Waals surface area contributed by atoms with Crippen molar-refractivity contribution in [3.63, 3.8) is 0 Å². The number of halogens is 1. The van der Waals surface area contributed by atoms with Gasteiger partial charge in [-0.3, -0.25) is 14.5 Å². The summed E-state index contributed by atoms with van der Waals surface area (Å²) < 4.78 is 1.94. The Hall–Kier alpha value is -1.37. The number of pyridine rings is 1. The first-order valence-electron chi connectivity index (χ1n) is 6.16. The number of amides is 1. The summed E-state index contributed by atoms with van der Waals surface area (Å²) in [5, 5.41) is -0.758. The number of thioether (sulfide) groups is 1. The third kappa shape index (κ3) is 2.13. The molecule has 1 fully saturated rings. The van der Waals surface area contributed by atoms with Gasteiger partial charge in [-0.1, -0.05) is 6.07 Å². The van der Waals surface area contributed by atoms with E-state index in [-0.39, 0.29) is 11.3 Å². The topological polar surface area (TPSA) is 67.3 Å². The van der Waals surface area contributed by atoms with Crippen molar-refractivity contribution in [2.45, 2.75) is 18.0 Å². The van der Waals surface area contributed by atoms with Gasteiger partial charge in [-0.15, -0.1) is 11.8 Å². The van der Waals surface area contributed by atoms with Crippen molar-refractivity contribution in [2.24, 2.45) is 5.73 Å². The summed E-state index contributed by atoms with van der Waals surface area (Å²) in [6, 6.07) is 5.21. The normalized spacial score (nSPS) is 25.3. The van der Waals surface area contributed by atoms with Gasteiger partial charge in [0.25, 0.3) is 5.24 Å². The van der Waals surface area contributed by atoms with Gasteiger partial charge in [0.2, 0.25) is 5.91 Å². The lowest BCUT2D eigenvalue weighted by molar-refractivity contribution is -0.689. The summed E-state index contributed by atoms with van der Waals surface area (Å²) in [5.41, 5.74) is 6.90. The smallest absolute Gasteiger partial charge is 0.269 e. The predicted molar refractivity (Wildman–Crippen MR) is 75.6 cm³/mol. The molecule has 2 aliphatic rings. The lowest BCUT2D eigenvalue weighted by Crippen LogP contribution is -2.68. The summed E-state index contributed by atoms with van der Waals surface area (Å²) in [6.07, 6.45) is 3.81. The SMILES string of the molecule is NC1C(=O)N2C(C(=O)Cl)=C(C[n+]3ccccc3)CSC12. The Morgan fingerprint density at radius 1 is 1.45 bits per heavy atom. The molecule has 2 unspecified atom stereocenters. The van der Waals surface area contributed by atoms with Gasteiger partial charge in [0.15, 0.2) is 18.9 Å². The number of allylic oxidation sites excluding steroid dienone is 1. The average molecular weight is 311 g/mol. The Balaban J connectivity index is 1.94. The van der Waals surface area contributed by atoms with E-state index in [1.807, 2.05) is 35.2 Å². The Labute approximate surface area is 125 Å². The molecule has 20 heavy (non-hydrogen) atoms. The van der Waals surface area contributed by atoms with Crippen LogP contribution in [0.3, 0.4) is 0 Å². The summed E-state index contributed by atoms with van der Waals surface area (Å²) in [5.74, 6) is 0.416. The molecule has 3 heterocycles. The van der Waals surface area contributed by atoms with Crippen LogP contribution >= 0.6 is 23.4 Å². The van der Waals surface area contributed by atoms with Crippen molar-refractivity contribution in [3.8, 4) is 0 Å². The zero-order valence-corrected chi connectivity index (χ0v) is 12.1. The molecule has 0 aliphatic carbocycles. The van der Waals surface area contributed by atoms with Crippen LogP contribution in [0.1, 0.15) is 0 Å². The van der Waals surface area contributed by atoms with Crippen molar-refractivity contribution in [2.75, 3.05) is 5.75 Å². The molecule has 2 atom stereocenters. The van der Waals surface area contributed by atoms with E-state index in [0.29, 0.717) is 18.0 Å². The highest BCUT2D eigenvalue weighted by Gasteiger charge is 2.51. The van der Waals surface area contributed by atoms with Crippen molar-refractivity contribution >= 4 is 34.5 Å². The quantitative estimate of drug-likeness (QED) is 0.493. The zero-order valence-electron chi connectivity index (χ0n) is 10.5. The number of nitrogens with two attached hydrogens (primary N) is 1. The molecule has 7 heteroatoms. The highest BCUT2D eigenvalue weighted by atomic mass is 35.5. The molecule has 2 aliphatic heterocycles. The van der Waals surface area contributed by atoms with Crippen LogP contribution in [0.5, 0.6) is 0 Å². The van der Waals surface area contributed by atoms with Gasteiger partial charge in [-0.05, 0) is 11.6 Å². The maximum Gasteiger partial charge on any atom is 0.269 e. The number of carbonyl (C=O) groups is 2. The Morgan fingerprint density at radius 2 is 2.15 bits per heavy atom. The summed E-state index contributed by atoms with van der Waals surface area (Å²) in [7, 11) is 0. The number of rotatable bonds is 3. The number of aromatic nitrogens is 1. The van der Waals surface area contributed by atoms with Crippen molar-refractivity contribution in [1.29, 1.82) is 0 Å². The highest BCUT2D eigenvalue weighted by Crippen LogP contribution is 2.40. The first-order chi connectivity index (χ1) is 9.59. The number of nitrogens with zero attached hydrogens (tertiary/aromatic N) is 2. The van der Waals surface area contributed by atoms with E-state index >= 15 is 0 Å². The monoisotopic (exact) mass is 310 g/mol. The first-order valence-corrected chi connectivity index (χ1v) is 7.58. The highest BCUT2D eigenvalue weighted by molar-refractivity contribution is 8.00. The van der Waals surface area contributed by atoms with E-state index in [1.54, 1.807) is 11.8 Å². The number of hydrogen-bond donors (Lipinski definition) is 1. The van der Waals surface area contributed by atoms with Crippen LogP contribution in [0.4, 0.5) is 0 Å². The van der Waals surface area contributed by atoms with Gasteiger partial charge < -0.3 is 5.73 Å². The summed E-state index contributed by atoms with van der Waals surface area (Å²) in [6.45, 7) is 0.535. The maximum atomic E-state index is 11.8. The molecule has 1 aromatic rings. The van der Waals surface area contributed by atoms with Crippen LogP contribution in [0, 0.1) is 0 Å². The summed E-state index contributed by atoms with van der Waals surface area (Å²) >= 11 is 7.25.